The lowest BCUT2D eigenvalue weighted by molar-refractivity contribution is -0.141. The zero-order valence-electron chi connectivity index (χ0n) is 10.4. The van der Waals surface area contributed by atoms with Crippen molar-refractivity contribution in [1.29, 1.82) is 5.26 Å². The van der Waals surface area contributed by atoms with Crippen LogP contribution >= 0.6 is 0 Å². The minimum absolute atomic E-state index is 0.0503. The average molecular weight is 282 g/mol. The van der Waals surface area contributed by atoms with Gasteiger partial charge in [-0.3, -0.25) is 4.79 Å². The molecule has 1 rings (SSSR count). The Hall–Kier alpha value is -2.49. The number of carboxylic acid groups (broad SMARTS) is 1. The summed E-state index contributed by atoms with van der Waals surface area (Å²) in [6.45, 7) is 0. The third kappa shape index (κ3) is 4.31. The van der Waals surface area contributed by atoms with E-state index < -0.39 is 41.5 Å². The Morgan fingerprint density at radius 2 is 1.95 bits per heavy atom. The van der Waals surface area contributed by atoms with E-state index in [1.54, 1.807) is 6.07 Å². The lowest BCUT2D eigenvalue weighted by atomic mass is 10.1. The minimum atomic E-state index is -1.30. The van der Waals surface area contributed by atoms with Gasteiger partial charge >= 0.3 is 5.97 Å². The zero-order valence-corrected chi connectivity index (χ0v) is 10.4. The number of nitriles is 1. The predicted octanol–water partition coefficient (Wildman–Crippen LogP) is 1.38. The van der Waals surface area contributed by atoms with Crippen molar-refractivity contribution in [1.82, 2.24) is 5.32 Å². The lowest BCUT2D eigenvalue weighted by Crippen LogP contribution is -2.41. The summed E-state index contributed by atoms with van der Waals surface area (Å²) < 4.78 is 26.7. The molecule has 7 heteroatoms. The smallest absolute Gasteiger partial charge is 0.326 e. The summed E-state index contributed by atoms with van der Waals surface area (Å²) in [4.78, 5) is 22.5. The third-order valence-corrected chi connectivity index (χ3v) is 2.58. The maximum atomic E-state index is 13.3. The number of carboxylic acids is 1. The molecule has 1 aromatic rings. The number of carbonyl (C=O) groups is 2. The van der Waals surface area contributed by atoms with Gasteiger partial charge < -0.3 is 10.4 Å². The molecule has 0 heterocycles. The maximum Gasteiger partial charge on any atom is 0.326 e. The van der Waals surface area contributed by atoms with Crippen LogP contribution in [-0.2, 0) is 16.0 Å². The molecule has 1 aromatic carbocycles. The molecule has 0 fully saturated rings. The van der Waals surface area contributed by atoms with E-state index in [1.165, 1.54) is 6.07 Å². The van der Waals surface area contributed by atoms with Crippen molar-refractivity contribution >= 4 is 11.9 Å². The molecular weight excluding hydrogens is 270 g/mol. The van der Waals surface area contributed by atoms with Crippen molar-refractivity contribution in [2.24, 2.45) is 0 Å². The number of rotatable bonds is 6. The van der Waals surface area contributed by atoms with Crippen molar-refractivity contribution in [2.75, 3.05) is 0 Å². The van der Waals surface area contributed by atoms with E-state index in [0.29, 0.717) is 0 Å². The van der Waals surface area contributed by atoms with Gasteiger partial charge in [0.25, 0.3) is 0 Å². The number of nitrogens with one attached hydrogen (secondary N) is 1. The molecule has 2 N–H and O–H groups in total. The molecule has 20 heavy (non-hydrogen) atoms. The van der Waals surface area contributed by atoms with Crippen LogP contribution in [0.1, 0.15) is 18.4 Å². The Kier molecular flexibility index (Phi) is 5.59. The highest BCUT2D eigenvalue weighted by Crippen LogP contribution is 2.12. The van der Waals surface area contributed by atoms with Crippen LogP contribution in [0.2, 0.25) is 0 Å². The standard InChI is InChI=1S/C13H12F2N2O3/c14-9-3-1-4-10(15)8(9)7-12(18)17-11(13(19)20)5-2-6-16/h1,3-4,11H,2,5,7H2,(H,17,18)(H,19,20)/t11-/m1/s1. The van der Waals surface area contributed by atoms with E-state index in [-0.39, 0.29) is 12.8 Å². The number of amides is 1. The summed E-state index contributed by atoms with van der Waals surface area (Å²) >= 11 is 0. The number of aliphatic carboxylic acids is 1. The van der Waals surface area contributed by atoms with Crippen LogP contribution in [0.25, 0.3) is 0 Å². The number of hydrogen-bond donors (Lipinski definition) is 2. The molecule has 0 saturated carbocycles. The lowest BCUT2D eigenvalue weighted by Gasteiger charge is -2.13. The minimum Gasteiger partial charge on any atom is -0.480 e. The molecule has 0 aliphatic heterocycles. The molecule has 0 aliphatic carbocycles. The van der Waals surface area contributed by atoms with Crippen LogP contribution < -0.4 is 5.32 Å². The quantitative estimate of drug-likeness (QED) is 0.824. The second-order valence-electron chi connectivity index (χ2n) is 4.03. The topological polar surface area (TPSA) is 90.2 Å². The second kappa shape index (κ2) is 7.19. The van der Waals surface area contributed by atoms with Gasteiger partial charge in [-0.2, -0.15) is 5.26 Å². The Morgan fingerprint density at radius 1 is 1.35 bits per heavy atom. The van der Waals surface area contributed by atoms with E-state index in [2.05, 4.69) is 5.32 Å². The van der Waals surface area contributed by atoms with Gasteiger partial charge in [0, 0.05) is 12.0 Å². The van der Waals surface area contributed by atoms with Crippen LogP contribution in [0.3, 0.4) is 0 Å². The van der Waals surface area contributed by atoms with Gasteiger partial charge in [0.1, 0.15) is 17.7 Å². The summed E-state index contributed by atoms with van der Waals surface area (Å²) in [7, 11) is 0. The van der Waals surface area contributed by atoms with E-state index in [4.69, 9.17) is 10.4 Å². The molecule has 0 radical (unpaired) electrons. The van der Waals surface area contributed by atoms with Crippen molar-refractivity contribution in [3.8, 4) is 6.07 Å². The van der Waals surface area contributed by atoms with Crippen LogP contribution in [0.5, 0.6) is 0 Å². The third-order valence-electron chi connectivity index (χ3n) is 2.58. The first-order valence-corrected chi connectivity index (χ1v) is 5.77. The molecule has 0 spiro atoms. The first-order valence-electron chi connectivity index (χ1n) is 5.77. The number of hydrogen-bond acceptors (Lipinski definition) is 3. The number of nitrogens with zero attached hydrogens (tertiary/aromatic N) is 1. The molecule has 0 unspecified atom stereocenters. The molecular formula is C13H12F2N2O3. The fourth-order valence-electron chi connectivity index (χ4n) is 1.57. The van der Waals surface area contributed by atoms with Crippen molar-refractivity contribution < 1.29 is 23.5 Å². The molecule has 1 atom stereocenters. The van der Waals surface area contributed by atoms with Gasteiger partial charge in [0.2, 0.25) is 5.91 Å². The molecule has 0 bridgehead atoms. The van der Waals surface area contributed by atoms with Gasteiger partial charge in [-0.25, -0.2) is 13.6 Å². The van der Waals surface area contributed by atoms with Crippen molar-refractivity contribution in [2.45, 2.75) is 25.3 Å². The monoisotopic (exact) mass is 282 g/mol. The predicted molar refractivity (Wildman–Crippen MR) is 64.5 cm³/mol. The molecule has 0 aromatic heterocycles. The Balaban J connectivity index is 2.71. The Bertz CT molecular complexity index is 535. The molecule has 0 aliphatic rings. The SMILES string of the molecule is N#CCC[C@@H](NC(=O)Cc1c(F)cccc1F)C(=O)O. The molecule has 1 amide bonds. The van der Waals surface area contributed by atoms with E-state index >= 15 is 0 Å². The van der Waals surface area contributed by atoms with Gasteiger partial charge in [-0.05, 0) is 18.6 Å². The average Bonchev–Trinajstić information content (AvgIpc) is 2.38. The summed E-state index contributed by atoms with van der Waals surface area (Å²) in [5, 5.41) is 19.4. The van der Waals surface area contributed by atoms with Crippen molar-refractivity contribution in [3.63, 3.8) is 0 Å². The van der Waals surface area contributed by atoms with Crippen LogP contribution in [0.15, 0.2) is 18.2 Å². The molecule has 0 saturated heterocycles. The summed E-state index contributed by atoms with van der Waals surface area (Å²) in [6, 6.07) is 3.69. The van der Waals surface area contributed by atoms with E-state index in [0.717, 1.165) is 12.1 Å². The zero-order chi connectivity index (χ0) is 15.1. The molecule has 5 nitrogen and oxygen atoms in total. The Labute approximate surface area is 113 Å². The second-order valence-corrected chi connectivity index (χ2v) is 4.03. The number of benzene rings is 1. The number of carbonyl (C=O) groups excluding carboxylic acids is 1. The first kappa shape index (κ1) is 15.6. The van der Waals surface area contributed by atoms with E-state index in [9.17, 15) is 18.4 Å². The Morgan fingerprint density at radius 3 is 2.45 bits per heavy atom. The van der Waals surface area contributed by atoms with Crippen LogP contribution in [-0.4, -0.2) is 23.0 Å². The maximum absolute atomic E-state index is 13.3. The van der Waals surface area contributed by atoms with Gasteiger partial charge in [-0.15, -0.1) is 0 Å². The first-order chi connectivity index (χ1) is 9.45. The summed E-state index contributed by atoms with van der Waals surface area (Å²) in [5.41, 5.74) is -0.422. The largest absolute Gasteiger partial charge is 0.480 e. The van der Waals surface area contributed by atoms with Gasteiger partial charge in [0.15, 0.2) is 0 Å². The highest BCUT2D eigenvalue weighted by Gasteiger charge is 2.21. The fraction of sp³-hybridized carbons (Fsp3) is 0.308. The van der Waals surface area contributed by atoms with Gasteiger partial charge in [0.05, 0.1) is 12.5 Å². The highest BCUT2D eigenvalue weighted by atomic mass is 19.1. The summed E-state index contributed by atoms with van der Waals surface area (Å²) in [6.07, 6.45) is -0.725. The van der Waals surface area contributed by atoms with E-state index in [1.807, 2.05) is 0 Å². The highest BCUT2D eigenvalue weighted by molar-refractivity contribution is 5.84. The van der Waals surface area contributed by atoms with Crippen molar-refractivity contribution in [3.05, 3.63) is 35.4 Å². The summed E-state index contributed by atoms with van der Waals surface area (Å²) in [5.74, 6) is -3.87. The van der Waals surface area contributed by atoms with Crippen LogP contribution in [0.4, 0.5) is 8.78 Å². The normalized spacial score (nSPS) is 11.4. The van der Waals surface area contributed by atoms with Gasteiger partial charge in [-0.1, -0.05) is 6.07 Å². The number of halogens is 2. The molecule has 106 valence electrons. The van der Waals surface area contributed by atoms with Crippen LogP contribution in [0, 0.1) is 23.0 Å². The fourth-order valence-corrected chi connectivity index (χ4v) is 1.57.